The fourth-order valence-electron chi connectivity index (χ4n) is 3.93. The number of hydrogen-bond acceptors (Lipinski definition) is 5. The highest BCUT2D eigenvalue weighted by Gasteiger charge is 2.19. The standard InChI is InChI=1S/C24H27N3O2S.CH4/c1-3-26-14-16-27(17-15-26)24-22-10-6-4-9-20(22)18-21(25-24)13-12-19-8-5-7-11-23(19)30(2,28)29;/h4-13,18H,3,14-17H2,1-2H3;1H4/b13-12+;. The van der Waals surface area contributed by atoms with E-state index in [0.29, 0.717) is 10.5 Å². The predicted molar refractivity (Wildman–Crippen MR) is 131 cm³/mol. The van der Waals surface area contributed by atoms with Crippen molar-refractivity contribution < 1.29 is 8.42 Å². The van der Waals surface area contributed by atoms with Gasteiger partial charge in [-0.1, -0.05) is 62.9 Å². The summed E-state index contributed by atoms with van der Waals surface area (Å²) in [6, 6.07) is 17.4. The van der Waals surface area contributed by atoms with Gasteiger partial charge in [0.05, 0.1) is 10.6 Å². The number of pyridine rings is 1. The fourth-order valence-corrected chi connectivity index (χ4v) is 4.82. The smallest absolute Gasteiger partial charge is 0.176 e. The van der Waals surface area contributed by atoms with Crippen molar-refractivity contribution in [1.29, 1.82) is 0 Å². The Hall–Kier alpha value is -2.70. The Bertz CT molecular complexity index is 1180. The molecule has 2 aromatic carbocycles. The second-order valence-corrected chi connectivity index (χ2v) is 9.64. The molecule has 0 unspecified atom stereocenters. The van der Waals surface area contributed by atoms with Crippen LogP contribution < -0.4 is 4.90 Å². The van der Waals surface area contributed by atoms with Crippen LogP contribution in [0.3, 0.4) is 0 Å². The summed E-state index contributed by atoms with van der Waals surface area (Å²) in [5.41, 5.74) is 1.50. The number of nitrogens with zero attached hydrogens (tertiary/aromatic N) is 3. The molecule has 0 radical (unpaired) electrons. The van der Waals surface area contributed by atoms with Gasteiger partial charge in [-0.15, -0.1) is 0 Å². The van der Waals surface area contributed by atoms with Gasteiger partial charge in [0, 0.05) is 37.8 Å². The first-order chi connectivity index (χ1) is 14.5. The van der Waals surface area contributed by atoms with E-state index in [4.69, 9.17) is 4.98 Å². The van der Waals surface area contributed by atoms with Gasteiger partial charge in [-0.05, 0) is 35.7 Å². The van der Waals surface area contributed by atoms with Crippen LogP contribution in [-0.4, -0.2) is 57.3 Å². The molecular formula is C25H31N3O2S. The molecule has 5 nitrogen and oxygen atoms in total. The molecule has 1 aromatic heterocycles. The molecule has 1 saturated heterocycles. The maximum absolute atomic E-state index is 12.1. The Balaban J connectivity index is 0.00000272. The summed E-state index contributed by atoms with van der Waals surface area (Å²) in [7, 11) is -3.29. The van der Waals surface area contributed by atoms with Crippen LogP contribution in [0.4, 0.5) is 5.82 Å². The van der Waals surface area contributed by atoms with E-state index >= 15 is 0 Å². The maximum atomic E-state index is 12.1. The molecule has 3 aromatic rings. The molecule has 0 amide bonds. The van der Waals surface area contributed by atoms with E-state index in [1.165, 1.54) is 6.26 Å². The predicted octanol–water partition coefficient (Wildman–Crippen LogP) is 4.59. The fraction of sp³-hybridized carbons (Fsp3) is 0.320. The maximum Gasteiger partial charge on any atom is 0.176 e. The number of piperazine rings is 1. The molecule has 0 aliphatic carbocycles. The second kappa shape index (κ2) is 9.62. The minimum absolute atomic E-state index is 0. The summed E-state index contributed by atoms with van der Waals surface area (Å²) >= 11 is 0. The zero-order valence-corrected chi connectivity index (χ0v) is 18.3. The quantitative estimate of drug-likeness (QED) is 0.584. The number of likely N-dealkylation sites (N-methyl/N-ethyl adjacent to an activating group) is 1. The molecule has 0 saturated carbocycles. The molecule has 0 bridgehead atoms. The van der Waals surface area contributed by atoms with Crippen LogP contribution in [0.25, 0.3) is 22.9 Å². The third kappa shape index (κ3) is 5.14. The molecule has 31 heavy (non-hydrogen) atoms. The lowest BCUT2D eigenvalue weighted by molar-refractivity contribution is 0.271. The van der Waals surface area contributed by atoms with Gasteiger partial charge in [-0.2, -0.15) is 0 Å². The molecule has 1 fully saturated rings. The number of fused-ring (bicyclic) bond motifs is 1. The van der Waals surface area contributed by atoms with E-state index in [9.17, 15) is 8.42 Å². The minimum atomic E-state index is -3.29. The molecule has 1 aliphatic heterocycles. The molecule has 6 heteroatoms. The van der Waals surface area contributed by atoms with Crippen molar-refractivity contribution in [2.75, 3.05) is 43.9 Å². The van der Waals surface area contributed by atoms with Crippen LogP contribution in [0.2, 0.25) is 0 Å². The average molecular weight is 438 g/mol. The second-order valence-electron chi connectivity index (χ2n) is 7.66. The largest absolute Gasteiger partial charge is 0.354 e. The lowest BCUT2D eigenvalue weighted by Crippen LogP contribution is -2.46. The monoisotopic (exact) mass is 437 g/mol. The van der Waals surface area contributed by atoms with E-state index < -0.39 is 9.84 Å². The highest BCUT2D eigenvalue weighted by Crippen LogP contribution is 2.28. The van der Waals surface area contributed by atoms with E-state index in [0.717, 1.165) is 55.0 Å². The number of rotatable bonds is 5. The highest BCUT2D eigenvalue weighted by atomic mass is 32.2. The number of benzene rings is 2. The van der Waals surface area contributed by atoms with Gasteiger partial charge in [-0.25, -0.2) is 13.4 Å². The molecule has 1 aliphatic rings. The summed E-state index contributed by atoms with van der Waals surface area (Å²) in [6.45, 7) is 7.25. The van der Waals surface area contributed by atoms with E-state index in [-0.39, 0.29) is 7.43 Å². The first-order valence-electron chi connectivity index (χ1n) is 10.3. The lowest BCUT2D eigenvalue weighted by atomic mass is 10.1. The van der Waals surface area contributed by atoms with Crippen LogP contribution in [0.1, 0.15) is 25.6 Å². The summed E-state index contributed by atoms with van der Waals surface area (Å²) in [5.74, 6) is 1.000. The molecule has 2 heterocycles. The highest BCUT2D eigenvalue weighted by molar-refractivity contribution is 7.90. The Kier molecular flexibility index (Phi) is 7.13. The summed E-state index contributed by atoms with van der Waals surface area (Å²) in [4.78, 5) is 10.1. The molecule has 0 N–H and O–H groups in total. The van der Waals surface area contributed by atoms with Crippen molar-refractivity contribution in [3.05, 3.63) is 65.9 Å². The van der Waals surface area contributed by atoms with Gasteiger partial charge in [-0.3, -0.25) is 0 Å². The van der Waals surface area contributed by atoms with E-state index in [1.54, 1.807) is 12.1 Å². The van der Waals surface area contributed by atoms with Gasteiger partial charge in [0.15, 0.2) is 9.84 Å². The summed E-state index contributed by atoms with van der Waals surface area (Å²) < 4.78 is 24.2. The van der Waals surface area contributed by atoms with Crippen LogP contribution in [-0.2, 0) is 9.84 Å². The van der Waals surface area contributed by atoms with Crippen LogP contribution >= 0.6 is 0 Å². The Labute approximate surface area is 185 Å². The first kappa shape index (κ1) is 23.0. The first-order valence-corrected chi connectivity index (χ1v) is 12.2. The van der Waals surface area contributed by atoms with Crippen molar-refractivity contribution in [2.24, 2.45) is 0 Å². The van der Waals surface area contributed by atoms with Crippen molar-refractivity contribution in [1.82, 2.24) is 9.88 Å². The zero-order chi connectivity index (χ0) is 21.1. The zero-order valence-electron chi connectivity index (χ0n) is 17.5. The minimum Gasteiger partial charge on any atom is -0.354 e. The van der Waals surface area contributed by atoms with Crippen LogP contribution in [0, 0.1) is 0 Å². The number of anilines is 1. The number of sulfone groups is 1. The van der Waals surface area contributed by atoms with Gasteiger partial charge >= 0.3 is 0 Å². The summed E-state index contributed by atoms with van der Waals surface area (Å²) in [6.07, 6.45) is 4.98. The van der Waals surface area contributed by atoms with Gasteiger partial charge < -0.3 is 9.80 Å². The third-order valence-corrected chi connectivity index (χ3v) is 6.78. The third-order valence-electron chi connectivity index (χ3n) is 5.61. The Morgan fingerprint density at radius 2 is 1.65 bits per heavy atom. The Morgan fingerprint density at radius 3 is 2.35 bits per heavy atom. The molecule has 0 spiro atoms. The van der Waals surface area contributed by atoms with Gasteiger partial charge in [0.25, 0.3) is 0 Å². The van der Waals surface area contributed by atoms with Crippen molar-refractivity contribution in [3.63, 3.8) is 0 Å². The van der Waals surface area contributed by atoms with Gasteiger partial charge in [0.2, 0.25) is 0 Å². The molecule has 4 rings (SSSR count). The van der Waals surface area contributed by atoms with Crippen molar-refractivity contribution in [3.8, 4) is 0 Å². The molecule has 164 valence electrons. The average Bonchev–Trinajstić information content (AvgIpc) is 2.77. The van der Waals surface area contributed by atoms with Gasteiger partial charge in [0.1, 0.15) is 5.82 Å². The molecule has 0 atom stereocenters. The summed E-state index contributed by atoms with van der Waals surface area (Å²) in [5, 5.41) is 2.28. The van der Waals surface area contributed by atoms with E-state index in [2.05, 4.69) is 34.9 Å². The van der Waals surface area contributed by atoms with Crippen LogP contribution in [0.5, 0.6) is 0 Å². The van der Waals surface area contributed by atoms with Crippen molar-refractivity contribution in [2.45, 2.75) is 19.2 Å². The van der Waals surface area contributed by atoms with Crippen molar-refractivity contribution >= 4 is 38.6 Å². The SMILES string of the molecule is C.CCN1CCN(c2nc(/C=C/c3ccccc3S(C)(=O)=O)cc3ccccc23)CC1. The molecular weight excluding hydrogens is 406 g/mol. The number of aromatic nitrogens is 1. The topological polar surface area (TPSA) is 53.5 Å². The normalized spacial score (nSPS) is 15.4. The number of hydrogen-bond donors (Lipinski definition) is 0. The van der Waals surface area contributed by atoms with E-state index in [1.807, 2.05) is 36.4 Å². The van der Waals surface area contributed by atoms with Crippen LogP contribution in [0.15, 0.2) is 59.5 Å². The lowest BCUT2D eigenvalue weighted by Gasteiger charge is -2.35. The Morgan fingerprint density at radius 1 is 0.968 bits per heavy atom.